The summed E-state index contributed by atoms with van der Waals surface area (Å²) in [4.78, 5) is 10.6. The lowest BCUT2D eigenvalue weighted by atomic mass is 10.2. The minimum Gasteiger partial charge on any atom is -0.349 e. The topological polar surface area (TPSA) is 60.1 Å². The Balaban J connectivity index is 2.24. The first-order chi connectivity index (χ1) is 9.10. The van der Waals surface area contributed by atoms with Crippen molar-refractivity contribution in [2.24, 2.45) is 0 Å². The van der Waals surface area contributed by atoms with E-state index in [2.05, 4.69) is 5.32 Å². The Morgan fingerprint density at radius 1 is 1.42 bits per heavy atom. The molecule has 100 valence electrons. The van der Waals surface area contributed by atoms with Gasteiger partial charge >= 0.3 is 0 Å². The standard InChI is InChI=1S/C13H14ClN3O2/c1-15-7-10-4-5-16(8-10)9-11-2-3-12(14)6-13(11)17(18)19/h2-6,8,15H,7,9H2,1H3. The van der Waals surface area contributed by atoms with E-state index in [0.29, 0.717) is 17.1 Å². The molecule has 1 aromatic heterocycles. The molecule has 0 unspecified atom stereocenters. The molecular formula is C13H14ClN3O2. The Morgan fingerprint density at radius 3 is 2.89 bits per heavy atom. The second-order valence-corrected chi connectivity index (χ2v) is 4.69. The second-order valence-electron chi connectivity index (χ2n) is 4.25. The average molecular weight is 280 g/mol. The number of halogens is 1. The van der Waals surface area contributed by atoms with Crippen LogP contribution in [0.25, 0.3) is 0 Å². The number of hydrogen-bond donors (Lipinski definition) is 1. The Kier molecular flexibility index (Phi) is 4.19. The monoisotopic (exact) mass is 279 g/mol. The average Bonchev–Trinajstić information content (AvgIpc) is 2.79. The molecule has 0 saturated heterocycles. The zero-order valence-corrected chi connectivity index (χ0v) is 11.2. The summed E-state index contributed by atoms with van der Waals surface area (Å²) in [6.07, 6.45) is 3.87. The van der Waals surface area contributed by atoms with Gasteiger partial charge in [-0.3, -0.25) is 10.1 Å². The highest BCUT2D eigenvalue weighted by Gasteiger charge is 2.14. The fourth-order valence-electron chi connectivity index (χ4n) is 1.93. The normalized spacial score (nSPS) is 10.6. The minimum absolute atomic E-state index is 0.0522. The third-order valence-corrected chi connectivity index (χ3v) is 3.02. The maximum Gasteiger partial charge on any atom is 0.275 e. The van der Waals surface area contributed by atoms with E-state index in [-0.39, 0.29) is 5.69 Å². The zero-order valence-electron chi connectivity index (χ0n) is 10.5. The highest BCUT2D eigenvalue weighted by molar-refractivity contribution is 6.30. The Hall–Kier alpha value is -1.85. The smallest absolute Gasteiger partial charge is 0.275 e. The molecule has 0 amide bonds. The number of nitro benzene ring substituents is 1. The van der Waals surface area contributed by atoms with Gasteiger partial charge in [0.1, 0.15) is 0 Å². The van der Waals surface area contributed by atoms with Gasteiger partial charge in [-0.25, -0.2) is 0 Å². The molecule has 1 N–H and O–H groups in total. The van der Waals surface area contributed by atoms with Crippen LogP contribution in [0, 0.1) is 10.1 Å². The summed E-state index contributed by atoms with van der Waals surface area (Å²) in [5.74, 6) is 0. The molecule has 0 atom stereocenters. The van der Waals surface area contributed by atoms with Crippen LogP contribution in [-0.4, -0.2) is 16.5 Å². The van der Waals surface area contributed by atoms with Crippen molar-refractivity contribution in [3.63, 3.8) is 0 Å². The molecule has 0 spiro atoms. The number of rotatable bonds is 5. The SMILES string of the molecule is CNCc1ccn(Cc2ccc(Cl)cc2[N+](=O)[O-])c1. The molecule has 0 aliphatic carbocycles. The van der Waals surface area contributed by atoms with Gasteiger partial charge in [0, 0.05) is 35.6 Å². The van der Waals surface area contributed by atoms with E-state index in [4.69, 9.17) is 11.6 Å². The molecule has 2 rings (SSSR count). The van der Waals surface area contributed by atoms with E-state index in [9.17, 15) is 10.1 Å². The summed E-state index contributed by atoms with van der Waals surface area (Å²) in [5, 5.41) is 14.4. The van der Waals surface area contributed by atoms with Gasteiger partial charge in [0.05, 0.1) is 11.5 Å². The van der Waals surface area contributed by atoms with Gasteiger partial charge in [0.25, 0.3) is 5.69 Å². The predicted octanol–water partition coefficient (Wildman–Crippen LogP) is 2.82. The summed E-state index contributed by atoms with van der Waals surface area (Å²) in [6, 6.07) is 6.73. The first kappa shape index (κ1) is 13.6. The van der Waals surface area contributed by atoms with Crippen molar-refractivity contribution in [2.75, 3.05) is 7.05 Å². The lowest BCUT2D eigenvalue weighted by Crippen LogP contribution is -2.04. The van der Waals surface area contributed by atoms with Crippen LogP contribution in [0.15, 0.2) is 36.7 Å². The minimum atomic E-state index is -0.404. The summed E-state index contributed by atoms with van der Waals surface area (Å²) < 4.78 is 1.92. The van der Waals surface area contributed by atoms with Gasteiger partial charge < -0.3 is 9.88 Å². The molecule has 0 aliphatic rings. The number of nitrogens with one attached hydrogen (secondary N) is 1. The largest absolute Gasteiger partial charge is 0.349 e. The van der Waals surface area contributed by atoms with Crippen LogP contribution >= 0.6 is 11.6 Å². The first-order valence-corrected chi connectivity index (χ1v) is 6.20. The summed E-state index contributed by atoms with van der Waals surface area (Å²) in [5.41, 5.74) is 1.83. The van der Waals surface area contributed by atoms with Crippen molar-refractivity contribution in [2.45, 2.75) is 13.1 Å². The number of nitrogens with zero attached hydrogens (tertiary/aromatic N) is 2. The third kappa shape index (κ3) is 3.33. The number of benzene rings is 1. The van der Waals surface area contributed by atoms with E-state index < -0.39 is 4.92 Å². The first-order valence-electron chi connectivity index (χ1n) is 5.82. The fraction of sp³-hybridized carbons (Fsp3) is 0.231. The van der Waals surface area contributed by atoms with Crippen molar-refractivity contribution < 1.29 is 4.92 Å². The lowest BCUT2D eigenvalue weighted by Gasteiger charge is -2.05. The highest BCUT2D eigenvalue weighted by Crippen LogP contribution is 2.24. The van der Waals surface area contributed by atoms with Crippen LogP contribution in [0.2, 0.25) is 5.02 Å². The van der Waals surface area contributed by atoms with Gasteiger partial charge in [0.2, 0.25) is 0 Å². The molecule has 19 heavy (non-hydrogen) atoms. The quantitative estimate of drug-likeness (QED) is 0.676. The lowest BCUT2D eigenvalue weighted by molar-refractivity contribution is -0.385. The van der Waals surface area contributed by atoms with E-state index in [0.717, 1.165) is 12.1 Å². The van der Waals surface area contributed by atoms with E-state index >= 15 is 0 Å². The molecule has 0 saturated carbocycles. The van der Waals surface area contributed by atoms with Crippen LogP contribution in [0.4, 0.5) is 5.69 Å². The molecule has 5 nitrogen and oxygen atoms in total. The van der Waals surface area contributed by atoms with Crippen LogP contribution < -0.4 is 5.32 Å². The highest BCUT2D eigenvalue weighted by atomic mass is 35.5. The number of aromatic nitrogens is 1. The van der Waals surface area contributed by atoms with E-state index in [1.165, 1.54) is 6.07 Å². The van der Waals surface area contributed by atoms with Crippen LogP contribution in [0.3, 0.4) is 0 Å². The molecular weight excluding hydrogens is 266 g/mol. The Morgan fingerprint density at radius 2 is 2.21 bits per heavy atom. The fourth-order valence-corrected chi connectivity index (χ4v) is 2.10. The molecule has 0 bridgehead atoms. The molecule has 6 heteroatoms. The van der Waals surface area contributed by atoms with Crippen LogP contribution in [0.1, 0.15) is 11.1 Å². The van der Waals surface area contributed by atoms with Gasteiger partial charge in [0.15, 0.2) is 0 Å². The van der Waals surface area contributed by atoms with E-state index in [1.807, 2.05) is 30.1 Å². The van der Waals surface area contributed by atoms with Crippen LogP contribution in [0.5, 0.6) is 0 Å². The third-order valence-electron chi connectivity index (χ3n) is 2.79. The van der Waals surface area contributed by atoms with Crippen molar-refractivity contribution in [3.8, 4) is 0 Å². The van der Waals surface area contributed by atoms with Gasteiger partial charge in [-0.05, 0) is 30.8 Å². The van der Waals surface area contributed by atoms with Gasteiger partial charge in [-0.1, -0.05) is 11.6 Å². The molecule has 0 fully saturated rings. The second kappa shape index (κ2) is 5.86. The number of hydrogen-bond acceptors (Lipinski definition) is 3. The Labute approximate surface area is 116 Å². The van der Waals surface area contributed by atoms with Crippen LogP contribution in [-0.2, 0) is 13.1 Å². The maximum atomic E-state index is 11.0. The molecule has 1 aromatic carbocycles. The Bertz CT molecular complexity index is 595. The van der Waals surface area contributed by atoms with Crippen molar-refractivity contribution in [1.29, 1.82) is 0 Å². The molecule has 0 aliphatic heterocycles. The molecule has 0 radical (unpaired) electrons. The van der Waals surface area contributed by atoms with E-state index in [1.54, 1.807) is 12.1 Å². The van der Waals surface area contributed by atoms with Crippen molar-refractivity contribution >= 4 is 17.3 Å². The predicted molar refractivity (Wildman–Crippen MR) is 74.4 cm³/mol. The molecule has 2 aromatic rings. The summed E-state index contributed by atoms with van der Waals surface area (Å²) in [6.45, 7) is 1.23. The van der Waals surface area contributed by atoms with Crippen molar-refractivity contribution in [3.05, 3.63) is 62.9 Å². The zero-order chi connectivity index (χ0) is 13.8. The maximum absolute atomic E-state index is 11.0. The summed E-state index contributed by atoms with van der Waals surface area (Å²) >= 11 is 5.79. The number of nitro groups is 1. The van der Waals surface area contributed by atoms with Gasteiger partial charge in [-0.15, -0.1) is 0 Å². The molecule has 1 heterocycles. The summed E-state index contributed by atoms with van der Waals surface area (Å²) in [7, 11) is 1.88. The van der Waals surface area contributed by atoms with Crippen molar-refractivity contribution in [1.82, 2.24) is 9.88 Å². The van der Waals surface area contributed by atoms with Gasteiger partial charge in [-0.2, -0.15) is 0 Å².